The van der Waals surface area contributed by atoms with Crippen LogP contribution in [0.5, 0.6) is 0 Å². The van der Waals surface area contributed by atoms with Crippen molar-refractivity contribution in [3.63, 3.8) is 0 Å². The van der Waals surface area contributed by atoms with E-state index in [2.05, 4.69) is 5.32 Å². The van der Waals surface area contributed by atoms with Gasteiger partial charge in [0.15, 0.2) is 0 Å². The number of amides is 2. The van der Waals surface area contributed by atoms with E-state index in [0.29, 0.717) is 41.9 Å². The van der Waals surface area contributed by atoms with Crippen molar-refractivity contribution >= 4 is 18.0 Å². The third-order valence-electron chi connectivity index (χ3n) is 5.07. The quantitative estimate of drug-likeness (QED) is 0.843. The van der Waals surface area contributed by atoms with Crippen LogP contribution in [0, 0.1) is 18.3 Å². The molecule has 1 saturated heterocycles. The summed E-state index contributed by atoms with van der Waals surface area (Å²) in [5, 5.41) is 11.4. The molecule has 0 saturated carbocycles. The van der Waals surface area contributed by atoms with Gasteiger partial charge < -0.3 is 10.2 Å². The average Bonchev–Trinajstić information content (AvgIpc) is 2.70. The van der Waals surface area contributed by atoms with Crippen molar-refractivity contribution in [1.29, 1.82) is 5.26 Å². The van der Waals surface area contributed by atoms with Crippen LogP contribution in [0.25, 0.3) is 0 Å². The first-order chi connectivity index (χ1) is 13.0. The number of alkyl halides is 1. The molecule has 3 rings (SSSR count). The molecule has 27 heavy (non-hydrogen) atoms. The molecule has 1 N–H and O–H groups in total. The Bertz CT molecular complexity index is 895. The molecule has 1 fully saturated rings. The maximum Gasteiger partial charge on any atom is 0.253 e. The van der Waals surface area contributed by atoms with Crippen molar-refractivity contribution in [2.75, 3.05) is 18.4 Å². The summed E-state index contributed by atoms with van der Waals surface area (Å²) in [5.74, 6) is -0.175. The van der Waals surface area contributed by atoms with E-state index in [0.717, 1.165) is 5.56 Å². The lowest BCUT2D eigenvalue weighted by Gasteiger charge is -2.36. The molecule has 1 aliphatic rings. The summed E-state index contributed by atoms with van der Waals surface area (Å²) in [6.45, 7) is 2.45. The summed E-state index contributed by atoms with van der Waals surface area (Å²) in [6, 6.07) is 13.7. The molecule has 5 nitrogen and oxygen atoms in total. The van der Waals surface area contributed by atoms with Crippen LogP contribution in [0.15, 0.2) is 42.5 Å². The maximum absolute atomic E-state index is 15.3. The Balaban J connectivity index is 1.71. The molecule has 2 aromatic carbocycles. The number of hydrogen-bond donors (Lipinski definition) is 1. The number of carbonyl (C=O) groups is 2. The predicted octanol–water partition coefficient (Wildman–Crippen LogP) is 3.54. The smallest absolute Gasteiger partial charge is 0.253 e. The fraction of sp³-hybridized carbons (Fsp3) is 0.286. The lowest BCUT2D eigenvalue weighted by molar-refractivity contribution is -0.105. The van der Waals surface area contributed by atoms with Gasteiger partial charge in [-0.3, -0.25) is 9.59 Å². The fourth-order valence-electron chi connectivity index (χ4n) is 3.35. The molecule has 1 heterocycles. The molecular formula is C21H20FN3O2. The molecule has 0 spiro atoms. The Kier molecular flexibility index (Phi) is 5.22. The minimum Gasteiger partial charge on any atom is -0.338 e. The Labute approximate surface area is 157 Å². The Morgan fingerprint density at radius 1 is 1.22 bits per heavy atom. The van der Waals surface area contributed by atoms with Gasteiger partial charge in [0.1, 0.15) is 5.67 Å². The van der Waals surface area contributed by atoms with Crippen molar-refractivity contribution < 1.29 is 14.0 Å². The zero-order valence-corrected chi connectivity index (χ0v) is 15.0. The normalized spacial score (nSPS) is 15.7. The molecule has 0 aromatic heterocycles. The fourth-order valence-corrected chi connectivity index (χ4v) is 3.35. The second kappa shape index (κ2) is 7.58. The highest BCUT2D eigenvalue weighted by Crippen LogP contribution is 2.37. The first-order valence-corrected chi connectivity index (χ1v) is 8.76. The molecule has 1 aliphatic heterocycles. The number of aryl methyl sites for hydroxylation is 1. The minimum absolute atomic E-state index is 0.175. The number of rotatable bonds is 4. The van der Waals surface area contributed by atoms with E-state index in [-0.39, 0.29) is 18.7 Å². The second-order valence-electron chi connectivity index (χ2n) is 6.74. The van der Waals surface area contributed by atoms with E-state index in [4.69, 9.17) is 5.26 Å². The van der Waals surface area contributed by atoms with E-state index in [1.54, 1.807) is 47.4 Å². The van der Waals surface area contributed by atoms with Gasteiger partial charge in [-0.15, -0.1) is 0 Å². The number of halogens is 1. The highest BCUT2D eigenvalue weighted by atomic mass is 19.1. The number of hydrogen-bond acceptors (Lipinski definition) is 3. The summed E-state index contributed by atoms with van der Waals surface area (Å²) in [7, 11) is 0. The van der Waals surface area contributed by atoms with Crippen LogP contribution in [-0.2, 0) is 10.5 Å². The predicted molar refractivity (Wildman–Crippen MR) is 99.9 cm³/mol. The largest absolute Gasteiger partial charge is 0.338 e. The van der Waals surface area contributed by atoms with E-state index in [1.807, 2.05) is 13.0 Å². The molecule has 0 unspecified atom stereocenters. The van der Waals surface area contributed by atoms with Gasteiger partial charge in [-0.05, 0) is 42.3 Å². The van der Waals surface area contributed by atoms with Crippen LogP contribution in [0.4, 0.5) is 10.1 Å². The Hall–Kier alpha value is -3.20. The van der Waals surface area contributed by atoms with E-state index in [9.17, 15) is 9.59 Å². The van der Waals surface area contributed by atoms with Crippen molar-refractivity contribution in [3.8, 4) is 6.07 Å². The highest BCUT2D eigenvalue weighted by molar-refractivity contribution is 5.96. The van der Waals surface area contributed by atoms with Crippen LogP contribution in [0.3, 0.4) is 0 Å². The standard InChI is InChI=1S/C21H20FN3O2/c1-15-2-5-17(12-19(15)24-14-26)20(27)25-10-8-21(22,9-11-25)18-6-3-16(13-23)4-7-18/h2-7,12,14H,8-11H2,1H3,(H,24,26). The van der Waals surface area contributed by atoms with Gasteiger partial charge in [-0.1, -0.05) is 18.2 Å². The van der Waals surface area contributed by atoms with Crippen molar-refractivity contribution in [2.45, 2.75) is 25.4 Å². The SMILES string of the molecule is Cc1ccc(C(=O)N2CCC(F)(c3ccc(C#N)cc3)CC2)cc1NC=O. The number of nitrogens with zero attached hydrogens (tertiary/aromatic N) is 2. The summed E-state index contributed by atoms with van der Waals surface area (Å²) >= 11 is 0. The summed E-state index contributed by atoms with van der Waals surface area (Å²) in [6.07, 6.45) is 0.985. The van der Waals surface area contributed by atoms with Gasteiger partial charge in [-0.25, -0.2) is 4.39 Å². The Morgan fingerprint density at radius 3 is 2.48 bits per heavy atom. The van der Waals surface area contributed by atoms with E-state index < -0.39 is 5.67 Å². The van der Waals surface area contributed by atoms with Gasteiger partial charge in [0, 0.05) is 37.2 Å². The third kappa shape index (κ3) is 3.82. The second-order valence-corrected chi connectivity index (χ2v) is 6.74. The summed E-state index contributed by atoms with van der Waals surface area (Å²) in [5.41, 5.74) is 1.46. The van der Waals surface area contributed by atoms with Crippen molar-refractivity contribution in [1.82, 2.24) is 4.90 Å². The highest BCUT2D eigenvalue weighted by Gasteiger charge is 2.37. The Morgan fingerprint density at radius 2 is 1.89 bits per heavy atom. The van der Waals surface area contributed by atoms with Crippen LogP contribution in [0.1, 0.15) is 39.9 Å². The molecular weight excluding hydrogens is 345 g/mol. The summed E-state index contributed by atoms with van der Waals surface area (Å²) < 4.78 is 15.3. The number of carbonyl (C=O) groups excluding carboxylic acids is 2. The first-order valence-electron chi connectivity index (χ1n) is 8.76. The molecule has 0 radical (unpaired) electrons. The van der Waals surface area contributed by atoms with E-state index in [1.165, 1.54) is 0 Å². The molecule has 0 bridgehead atoms. The molecule has 138 valence electrons. The monoisotopic (exact) mass is 365 g/mol. The third-order valence-corrected chi connectivity index (χ3v) is 5.07. The number of anilines is 1. The van der Waals surface area contributed by atoms with Crippen LogP contribution in [-0.4, -0.2) is 30.3 Å². The van der Waals surface area contributed by atoms with Crippen LogP contribution >= 0.6 is 0 Å². The number of likely N-dealkylation sites (tertiary alicyclic amines) is 1. The van der Waals surface area contributed by atoms with Crippen molar-refractivity contribution in [3.05, 3.63) is 64.7 Å². The molecule has 2 amide bonds. The maximum atomic E-state index is 15.3. The molecule has 2 aromatic rings. The van der Waals surface area contributed by atoms with Gasteiger partial charge in [-0.2, -0.15) is 5.26 Å². The molecule has 0 aliphatic carbocycles. The number of piperidine rings is 1. The zero-order valence-electron chi connectivity index (χ0n) is 15.0. The number of benzene rings is 2. The minimum atomic E-state index is -1.50. The van der Waals surface area contributed by atoms with E-state index >= 15 is 4.39 Å². The lowest BCUT2D eigenvalue weighted by atomic mass is 9.85. The zero-order chi connectivity index (χ0) is 19.4. The summed E-state index contributed by atoms with van der Waals surface area (Å²) in [4.78, 5) is 25.1. The topological polar surface area (TPSA) is 73.2 Å². The number of nitriles is 1. The van der Waals surface area contributed by atoms with Gasteiger partial charge in [0.25, 0.3) is 5.91 Å². The molecule has 6 heteroatoms. The van der Waals surface area contributed by atoms with Crippen LogP contribution < -0.4 is 5.32 Å². The average molecular weight is 365 g/mol. The van der Waals surface area contributed by atoms with Gasteiger partial charge in [0.05, 0.1) is 11.6 Å². The number of nitrogens with one attached hydrogen (secondary N) is 1. The lowest BCUT2D eigenvalue weighted by Crippen LogP contribution is -2.43. The van der Waals surface area contributed by atoms with Gasteiger partial charge >= 0.3 is 0 Å². The first kappa shape index (κ1) is 18.6. The molecule has 0 atom stereocenters. The van der Waals surface area contributed by atoms with Crippen LogP contribution in [0.2, 0.25) is 0 Å². The van der Waals surface area contributed by atoms with Gasteiger partial charge in [0.2, 0.25) is 6.41 Å². The van der Waals surface area contributed by atoms with Crippen molar-refractivity contribution in [2.24, 2.45) is 0 Å².